The molecule has 1 atom stereocenters. The minimum Gasteiger partial charge on any atom is -0.374 e. The molecule has 0 aliphatic carbocycles. The Morgan fingerprint density at radius 2 is 1.94 bits per heavy atom. The van der Waals surface area contributed by atoms with Gasteiger partial charge in [0.15, 0.2) is 11.6 Å². The van der Waals surface area contributed by atoms with Crippen LogP contribution in [0.4, 0.5) is 19.3 Å². The summed E-state index contributed by atoms with van der Waals surface area (Å²) in [6.07, 6.45) is 0. The molecule has 7 heteroatoms. The van der Waals surface area contributed by atoms with Crippen molar-refractivity contribution in [1.29, 1.82) is 0 Å². The fourth-order valence-corrected chi connectivity index (χ4v) is 1.13. The van der Waals surface area contributed by atoms with Crippen LogP contribution in [0.5, 0.6) is 0 Å². The topological polar surface area (TPSA) is 84.2 Å². The van der Waals surface area contributed by atoms with Crippen molar-refractivity contribution >= 4 is 17.6 Å². The second-order valence-corrected chi connectivity index (χ2v) is 3.35. The van der Waals surface area contributed by atoms with Crippen LogP contribution < -0.4 is 16.4 Å². The summed E-state index contributed by atoms with van der Waals surface area (Å²) in [6, 6.07) is 1.31. The van der Waals surface area contributed by atoms with E-state index in [1.807, 2.05) is 5.32 Å². The van der Waals surface area contributed by atoms with Gasteiger partial charge in [-0.15, -0.1) is 0 Å². The predicted molar refractivity (Wildman–Crippen MR) is 57.2 cm³/mol. The highest BCUT2D eigenvalue weighted by atomic mass is 19.2. The first-order valence-electron chi connectivity index (χ1n) is 4.72. The van der Waals surface area contributed by atoms with Gasteiger partial charge in [-0.05, 0) is 19.1 Å². The summed E-state index contributed by atoms with van der Waals surface area (Å²) in [5, 5.41) is 4.45. The number of nitrogens with one attached hydrogen (secondary N) is 2. The van der Waals surface area contributed by atoms with Crippen LogP contribution in [0.25, 0.3) is 0 Å². The molecular formula is C10H11F2N3O2. The number of carbonyl (C=O) groups excluding carboxylic acids is 2. The van der Waals surface area contributed by atoms with Gasteiger partial charge in [-0.2, -0.15) is 0 Å². The number of halogens is 2. The number of hydrogen-bond acceptors (Lipinski definition) is 3. The van der Waals surface area contributed by atoms with Crippen LogP contribution in [0.2, 0.25) is 0 Å². The van der Waals surface area contributed by atoms with Gasteiger partial charge in [0.1, 0.15) is 6.04 Å². The fraction of sp³-hybridized carbons (Fsp3) is 0.200. The molecule has 17 heavy (non-hydrogen) atoms. The number of anilines is 1. The van der Waals surface area contributed by atoms with Gasteiger partial charge >= 0.3 is 6.03 Å². The van der Waals surface area contributed by atoms with Crippen LogP contribution in [-0.4, -0.2) is 18.0 Å². The molecule has 0 spiro atoms. The van der Waals surface area contributed by atoms with Gasteiger partial charge in [-0.25, -0.2) is 13.6 Å². The Balaban J connectivity index is 2.67. The molecule has 1 rings (SSSR count). The third-order valence-corrected chi connectivity index (χ3v) is 1.94. The molecule has 1 unspecified atom stereocenters. The standard InChI is InChI=1S/C10H11F2N3O2/c1-5(9(16)15-10(13)17)14-6-2-3-7(11)8(12)4-6/h2-5,14H,1H3,(H3,13,15,16,17). The summed E-state index contributed by atoms with van der Waals surface area (Å²) >= 11 is 0. The summed E-state index contributed by atoms with van der Waals surface area (Å²) in [7, 11) is 0. The number of urea groups is 1. The minimum atomic E-state index is -1.03. The van der Waals surface area contributed by atoms with E-state index in [0.717, 1.165) is 12.1 Å². The van der Waals surface area contributed by atoms with Crippen LogP contribution in [0.15, 0.2) is 18.2 Å². The smallest absolute Gasteiger partial charge is 0.318 e. The third-order valence-electron chi connectivity index (χ3n) is 1.94. The van der Waals surface area contributed by atoms with Crippen molar-refractivity contribution in [2.45, 2.75) is 13.0 Å². The number of benzene rings is 1. The van der Waals surface area contributed by atoms with Crippen molar-refractivity contribution < 1.29 is 18.4 Å². The Kier molecular flexibility index (Phi) is 3.97. The molecule has 0 heterocycles. The van der Waals surface area contributed by atoms with Gasteiger partial charge in [0.2, 0.25) is 5.91 Å². The summed E-state index contributed by atoms with van der Waals surface area (Å²) in [5.74, 6) is -2.68. The monoisotopic (exact) mass is 243 g/mol. The van der Waals surface area contributed by atoms with E-state index in [9.17, 15) is 18.4 Å². The quantitative estimate of drug-likeness (QED) is 0.739. The van der Waals surface area contributed by atoms with Gasteiger partial charge in [0.05, 0.1) is 0 Å². The van der Waals surface area contributed by atoms with E-state index in [1.54, 1.807) is 0 Å². The average Bonchev–Trinajstić information content (AvgIpc) is 2.22. The SMILES string of the molecule is CC(Nc1ccc(F)c(F)c1)C(=O)NC(N)=O. The third kappa shape index (κ3) is 3.71. The number of rotatable bonds is 3. The molecular weight excluding hydrogens is 232 g/mol. The zero-order valence-electron chi connectivity index (χ0n) is 8.96. The maximum absolute atomic E-state index is 12.9. The van der Waals surface area contributed by atoms with Gasteiger partial charge in [0.25, 0.3) is 0 Å². The van der Waals surface area contributed by atoms with E-state index >= 15 is 0 Å². The molecule has 4 N–H and O–H groups in total. The molecule has 0 bridgehead atoms. The Labute approximate surface area is 96.0 Å². The maximum atomic E-state index is 12.9. The second-order valence-electron chi connectivity index (χ2n) is 3.35. The van der Waals surface area contributed by atoms with Crippen molar-refractivity contribution in [1.82, 2.24) is 5.32 Å². The van der Waals surface area contributed by atoms with Crippen LogP contribution in [0, 0.1) is 11.6 Å². The van der Waals surface area contributed by atoms with E-state index in [0.29, 0.717) is 0 Å². The summed E-state index contributed by atoms with van der Waals surface area (Å²) in [4.78, 5) is 21.7. The molecule has 1 aromatic rings. The number of primary amides is 1. The Morgan fingerprint density at radius 3 is 2.47 bits per heavy atom. The van der Waals surface area contributed by atoms with Gasteiger partial charge in [-0.3, -0.25) is 10.1 Å². The lowest BCUT2D eigenvalue weighted by Gasteiger charge is -2.13. The molecule has 0 saturated carbocycles. The first-order chi connectivity index (χ1) is 7.90. The molecule has 1 aromatic carbocycles. The van der Waals surface area contributed by atoms with Crippen LogP contribution in [-0.2, 0) is 4.79 Å². The molecule has 0 saturated heterocycles. The Morgan fingerprint density at radius 1 is 1.29 bits per heavy atom. The highest BCUT2D eigenvalue weighted by Crippen LogP contribution is 2.13. The first-order valence-corrected chi connectivity index (χ1v) is 4.72. The molecule has 3 amide bonds. The van der Waals surface area contributed by atoms with E-state index in [1.165, 1.54) is 13.0 Å². The zero-order chi connectivity index (χ0) is 13.0. The van der Waals surface area contributed by atoms with Crippen molar-refractivity contribution in [3.8, 4) is 0 Å². The van der Waals surface area contributed by atoms with E-state index < -0.39 is 29.6 Å². The molecule has 0 aromatic heterocycles. The summed E-state index contributed by atoms with van der Waals surface area (Å²) in [6.45, 7) is 1.44. The number of amides is 3. The minimum absolute atomic E-state index is 0.219. The highest BCUT2D eigenvalue weighted by molar-refractivity contribution is 5.97. The van der Waals surface area contributed by atoms with Crippen molar-refractivity contribution in [3.63, 3.8) is 0 Å². The lowest BCUT2D eigenvalue weighted by atomic mass is 10.2. The maximum Gasteiger partial charge on any atom is 0.318 e. The molecule has 0 radical (unpaired) electrons. The largest absolute Gasteiger partial charge is 0.374 e. The van der Waals surface area contributed by atoms with E-state index in [-0.39, 0.29) is 5.69 Å². The fourth-order valence-electron chi connectivity index (χ4n) is 1.13. The highest BCUT2D eigenvalue weighted by Gasteiger charge is 2.14. The second kappa shape index (κ2) is 5.24. The average molecular weight is 243 g/mol. The summed E-state index contributed by atoms with van der Waals surface area (Å²) in [5.41, 5.74) is 4.98. The van der Waals surface area contributed by atoms with Crippen LogP contribution >= 0.6 is 0 Å². The predicted octanol–water partition coefficient (Wildman–Crippen LogP) is 0.960. The Hall–Kier alpha value is -2.18. The molecule has 0 aliphatic rings. The molecule has 0 aliphatic heterocycles. The summed E-state index contributed by atoms with van der Waals surface area (Å²) < 4.78 is 25.5. The van der Waals surface area contributed by atoms with Crippen molar-refractivity contribution in [3.05, 3.63) is 29.8 Å². The van der Waals surface area contributed by atoms with Gasteiger partial charge in [0, 0.05) is 11.8 Å². The van der Waals surface area contributed by atoms with E-state index in [4.69, 9.17) is 5.73 Å². The van der Waals surface area contributed by atoms with Gasteiger partial charge < -0.3 is 11.1 Å². The van der Waals surface area contributed by atoms with Gasteiger partial charge in [-0.1, -0.05) is 0 Å². The number of nitrogens with two attached hydrogens (primary N) is 1. The van der Waals surface area contributed by atoms with Crippen molar-refractivity contribution in [2.24, 2.45) is 5.73 Å². The number of imide groups is 1. The molecule has 5 nitrogen and oxygen atoms in total. The van der Waals surface area contributed by atoms with E-state index in [2.05, 4.69) is 5.32 Å². The lowest BCUT2D eigenvalue weighted by molar-refractivity contribution is -0.120. The lowest BCUT2D eigenvalue weighted by Crippen LogP contribution is -2.43. The first kappa shape index (κ1) is 12.9. The van der Waals surface area contributed by atoms with Crippen LogP contribution in [0.1, 0.15) is 6.92 Å². The number of carbonyl (C=O) groups is 2. The molecule has 0 fully saturated rings. The zero-order valence-corrected chi connectivity index (χ0v) is 8.96. The normalized spacial score (nSPS) is 11.7. The van der Waals surface area contributed by atoms with Crippen LogP contribution in [0.3, 0.4) is 0 Å². The molecule has 92 valence electrons. The number of hydrogen-bond donors (Lipinski definition) is 3. The Bertz CT molecular complexity index is 451. The van der Waals surface area contributed by atoms with Crippen molar-refractivity contribution in [2.75, 3.05) is 5.32 Å².